The number of halogens is 3. The lowest BCUT2D eigenvalue weighted by molar-refractivity contribution is -0.142. The molecule has 0 aliphatic carbocycles. The number of aromatic nitrogens is 1. The minimum atomic E-state index is -0.330. The summed E-state index contributed by atoms with van der Waals surface area (Å²) < 4.78 is 5.40. The first-order valence-electron chi connectivity index (χ1n) is 6.68. The molecule has 0 amide bonds. The van der Waals surface area contributed by atoms with Crippen molar-refractivity contribution in [2.24, 2.45) is 5.10 Å². The number of rotatable bonds is 6. The number of phenols is 1. The van der Waals surface area contributed by atoms with Gasteiger partial charge in [0.05, 0.1) is 30.0 Å². The lowest BCUT2D eigenvalue weighted by atomic mass is 10.2. The van der Waals surface area contributed by atoms with Gasteiger partial charge in [-0.2, -0.15) is 5.10 Å². The second-order valence-corrected chi connectivity index (χ2v) is 6.89. The number of hydrogen-bond donors (Lipinski definition) is 2. The summed E-state index contributed by atoms with van der Waals surface area (Å²) in [5.41, 5.74) is 3.70. The Labute approximate surface area is 160 Å². The summed E-state index contributed by atoms with van der Waals surface area (Å²) in [6.45, 7) is 2.08. The molecule has 128 valence electrons. The average molecular weight is 453 g/mol. The molecule has 0 bridgehead atoms. The number of benzene rings is 1. The van der Waals surface area contributed by atoms with E-state index >= 15 is 0 Å². The minimum Gasteiger partial charge on any atom is -0.506 e. The molecule has 0 saturated carbocycles. The molecule has 2 rings (SSSR count). The molecule has 0 radical (unpaired) electrons. The van der Waals surface area contributed by atoms with E-state index in [0.29, 0.717) is 27.5 Å². The molecule has 24 heavy (non-hydrogen) atoms. The third kappa shape index (κ3) is 4.83. The second kappa shape index (κ2) is 8.66. The largest absolute Gasteiger partial charge is 0.506 e. The van der Waals surface area contributed by atoms with Gasteiger partial charge in [-0.15, -0.1) is 11.3 Å². The van der Waals surface area contributed by atoms with Crippen LogP contribution in [0.25, 0.3) is 0 Å². The van der Waals surface area contributed by atoms with Crippen molar-refractivity contribution in [2.75, 3.05) is 12.0 Å². The normalized spacial score (nSPS) is 11.0. The monoisotopic (exact) mass is 451 g/mol. The average Bonchev–Trinajstić information content (AvgIpc) is 2.97. The molecule has 0 aliphatic rings. The predicted octanol–water partition coefficient (Wildman–Crippen LogP) is 4.47. The summed E-state index contributed by atoms with van der Waals surface area (Å²) in [7, 11) is 0. The molecule has 0 spiro atoms. The third-order valence-electron chi connectivity index (χ3n) is 2.71. The van der Waals surface area contributed by atoms with Crippen molar-refractivity contribution < 1.29 is 14.6 Å². The van der Waals surface area contributed by atoms with E-state index in [0.717, 1.165) is 0 Å². The SMILES string of the molecule is CCOC(=O)Cc1csc(NN=Cc2cc(Br)c(Cl)c(Cl)c2O)n1. The standard InChI is InChI=1S/C14H12BrCl2N3O3S/c1-2-23-10(21)4-8-6-24-14(19-8)20-18-5-7-3-9(15)11(16)12(17)13(7)22/h3,5-6,22H,2,4H2,1H3,(H,19,20). The van der Waals surface area contributed by atoms with Crippen LogP contribution in [0.15, 0.2) is 21.0 Å². The van der Waals surface area contributed by atoms with E-state index in [9.17, 15) is 9.90 Å². The highest BCUT2D eigenvalue weighted by molar-refractivity contribution is 9.10. The van der Waals surface area contributed by atoms with Crippen molar-refractivity contribution in [3.63, 3.8) is 0 Å². The summed E-state index contributed by atoms with van der Waals surface area (Å²) in [4.78, 5) is 15.6. The molecule has 1 heterocycles. The van der Waals surface area contributed by atoms with Crippen LogP contribution in [0.3, 0.4) is 0 Å². The molecule has 0 unspecified atom stereocenters. The molecule has 0 aliphatic heterocycles. The summed E-state index contributed by atoms with van der Waals surface area (Å²) in [6, 6.07) is 1.59. The fraction of sp³-hybridized carbons (Fsp3) is 0.214. The molecular weight excluding hydrogens is 441 g/mol. The Kier molecular flexibility index (Phi) is 6.85. The quantitative estimate of drug-likeness (QED) is 0.292. The van der Waals surface area contributed by atoms with Gasteiger partial charge in [0.2, 0.25) is 5.13 Å². The van der Waals surface area contributed by atoms with E-state index in [1.165, 1.54) is 17.6 Å². The molecule has 6 nitrogen and oxygen atoms in total. The number of carbonyl (C=O) groups excluding carboxylic acids is 1. The van der Waals surface area contributed by atoms with E-state index in [4.69, 9.17) is 27.9 Å². The maximum absolute atomic E-state index is 11.4. The fourth-order valence-electron chi connectivity index (χ4n) is 1.66. The molecule has 2 aromatic rings. The zero-order valence-electron chi connectivity index (χ0n) is 12.3. The smallest absolute Gasteiger partial charge is 0.311 e. The number of nitrogens with zero attached hydrogens (tertiary/aromatic N) is 2. The molecule has 1 aromatic carbocycles. The maximum atomic E-state index is 11.4. The zero-order chi connectivity index (χ0) is 17.7. The summed E-state index contributed by atoms with van der Waals surface area (Å²) in [5.74, 6) is -0.499. The van der Waals surface area contributed by atoms with E-state index in [1.54, 1.807) is 18.4 Å². The van der Waals surface area contributed by atoms with Crippen molar-refractivity contribution in [1.29, 1.82) is 0 Å². The number of carbonyl (C=O) groups is 1. The van der Waals surface area contributed by atoms with Crippen molar-refractivity contribution in [3.05, 3.63) is 37.2 Å². The van der Waals surface area contributed by atoms with Gasteiger partial charge < -0.3 is 9.84 Å². The van der Waals surface area contributed by atoms with E-state index in [1.807, 2.05) is 0 Å². The first-order valence-corrected chi connectivity index (χ1v) is 9.10. The molecular formula is C14H12BrCl2N3O3S. The number of ether oxygens (including phenoxy) is 1. The number of aromatic hydroxyl groups is 1. The Hall–Kier alpha value is -1.35. The molecule has 0 saturated heterocycles. The van der Waals surface area contributed by atoms with Crippen molar-refractivity contribution in [2.45, 2.75) is 13.3 Å². The number of nitrogens with one attached hydrogen (secondary N) is 1. The van der Waals surface area contributed by atoms with Crippen LogP contribution in [0.1, 0.15) is 18.2 Å². The summed E-state index contributed by atoms with van der Waals surface area (Å²) in [6.07, 6.45) is 1.49. The van der Waals surface area contributed by atoms with Crippen LogP contribution < -0.4 is 5.43 Å². The second-order valence-electron chi connectivity index (χ2n) is 4.42. The first kappa shape index (κ1) is 19.0. The lowest BCUT2D eigenvalue weighted by Gasteiger charge is -2.05. The summed E-state index contributed by atoms with van der Waals surface area (Å²) in [5, 5.41) is 16.4. The third-order valence-corrected chi connectivity index (χ3v) is 5.22. The molecule has 0 atom stereocenters. The Morgan fingerprint density at radius 2 is 2.29 bits per heavy atom. The molecule has 10 heteroatoms. The van der Waals surface area contributed by atoms with Gasteiger partial charge in [0.1, 0.15) is 10.8 Å². The first-order chi connectivity index (χ1) is 11.4. The van der Waals surface area contributed by atoms with Crippen LogP contribution in [-0.2, 0) is 16.0 Å². The van der Waals surface area contributed by atoms with E-state index in [2.05, 4.69) is 31.4 Å². The van der Waals surface area contributed by atoms with Gasteiger partial charge in [0.25, 0.3) is 0 Å². The number of phenolic OH excluding ortho intramolecular Hbond substituents is 1. The van der Waals surface area contributed by atoms with Gasteiger partial charge in [0, 0.05) is 15.4 Å². The van der Waals surface area contributed by atoms with E-state index in [-0.39, 0.29) is 28.2 Å². The molecule has 2 N–H and O–H groups in total. The maximum Gasteiger partial charge on any atom is 0.311 e. The van der Waals surface area contributed by atoms with Crippen LogP contribution in [0.5, 0.6) is 5.75 Å². The van der Waals surface area contributed by atoms with Crippen LogP contribution in [0, 0.1) is 0 Å². The predicted molar refractivity (Wildman–Crippen MR) is 99.5 cm³/mol. The molecule has 1 aromatic heterocycles. The number of anilines is 1. The van der Waals surface area contributed by atoms with Gasteiger partial charge in [-0.05, 0) is 28.9 Å². The van der Waals surface area contributed by atoms with Gasteiger partial charge in [-0.3, -0.25) is 10.2 Å². The van der Waals surface area contributed by atoms with Crippen molar-refractivity contribution in [3.8, 4) is 5.75 Å². The Morgan fingerprint density at radius 1 is 1.54 bits per heavy atom. The van der Waals surface area contributed by atoms with Crippen LogP contribution in [0.2, 0.25) is 10.0 Å². The topological polar surface area (TPSA) is 83.8 Å². The number of hydrogen-bond acceptors (Lipinski definition) is 7. The van der Waals surface area contributed by atoms with Crippen LogP contribution in [-0.4, -0.2) is 28.9 Å². The van der Waals surface area contributed by atoms with Crippen LogP contribution in [0.4, 0.5) is 5.13 Å². The highest BCUT2D eigenvalue weighted by atomic mass is 79.9. The highest BCUT2D eigenvalue weighted by Crippen LogP contribution is 2.38. The Balaban J connectivity index is 2.03. The van der Waals surface area contributed by atoms with Gasteiger partial charge in [-0.1, -0.05) is 23.2 Å². The van der Waals surface area contributed by atoms with Crippen molar-refractivity contribution in [1.82, 2.24) is 4.98 Å². The lowest BCUT2D eigenvalue weighted by Crippen LogP contribution is -2.07. The number of thiazole rings is 1. The highest BCUT2D eigenvalue weighted by Gasteiger charge is 2.12. The minimum absolute atomic E-state index is 0.0402. The van der Waals surface area contributed by atoms with Gasteiger partial charge in [0.15, 0.2) is 0 Å². The number of hydrazone groups is 1. The van der Waals surface area contributed by atoms with E-state index < -0.39 is 0 Å². The zero-order valence-corrected chi connectivity index (χ0v) is 16.3. The van der Waals surface area contributed by atoms with Gasteiger partial charge >= 0.3 is 5.97 Å². The summed E-state index contributed by atoms with van der Waals surface area (Å²) >= 11 is 16.4. The van der Waals surface area contributed by atoms with Gasteiger partial charge in [-0.25, -0.2) is 4.98 Å². The Bertz CT molecular complexity index is 783. The fourth-order valence-corrected chi connectivity index (χ4v) is 3.23. The Morgan fingerprint density at radius 3 is 3.00 bits per heavy atom. The number of esters is 1. The van der Waals surface area contributed by atoms with Crippen molar-refractivity contribution >= 4 is 67.8 Å². The molecule has 0 fully saturated rings. The van der Waals surface area contributed by atoms with Crippen LogP contribution >= 0.6 is 50.5 Å².